The maximum atomic E-state index is 13.8. The molecule has 1 unspecified atom stereocenters. The maximum Gasteiger partial charge on any atom is 0.257 e. The van der Waals surface area contributed by atoms with Crippen LogP contribution in [0.2, 0.25) is 0 Å². The Labute approximate surface area is 159 Å². The van der Waals surface area contributed by atoms with Crippen LogP contribution in [0.25, 0.3) is 0 Å². The summed E-state index contributed by atoms with van der Waals surface area (Å²) in [6.07, 6.45) is 3.91. The molecule has 144 valence electrons. The van der Waals surface area contributed by atoms with E-state index in [2.05, 4.69) is 28.7 Å². The van der Waals surface area contributed by atoms with Crippen molar-refractivity contribution in [2.45, 2.75) is 32.8 Å². The number of amides is 1. The molecule has 6 nitrogen and oxygen atoms in total. The van der Waals surface area contributed by atoms with Gasteiger partial charge in [0.25, 0.3) is 5.88 Å². The highest BCUT2D eigenvalue weighted by Crippen LogP contribution is 2.26. The molecule has 1 aromatic carbocycles. The van der Waals surface area contributed by atoms with Crippen LogP contribution in [-0.2, 0) is 11.2 Å². The molecule has 1 atom stereocenters. The zero-order chi connectivity index (χ0) is 19.2. The molecular formula is C20H25FN4O2. The summed E-state index contributed by atoms with van der Waals surface area (Å²) in [5.74, 6) is 0.781. The lowest BCUT2D eigenvalue weighted by Gasteiger charge is -2.23. The summed E-state index contributed by atoms with van der Waals surface area (Å²) >= 11 is 0. The van der Waals surface area contributed by atoms with Crippen LogP contribution in [0.4, 0.5) is 10.2 Å². The van der Waals surface area contributed by atoms with Crippen molar-refractivity contribution in [1.82, 2.24) is 14.9 Å². The van der Waals surface area contributed by atoms with E-state index in [9.17, 15) is 9.18 Å². The highest BCUT2D eigenvalue weighted by molar-refractivity contribution is 5.79. The molecule has 7 heteroatoms. The van der Waals surface area contributed by atoms with Crippen LogP contribution in [-0.4, -0.2) is 53.1 Å². The molecule has 1 aliphatic rings. The van der Waals surface area contributed by atoms with Gasteiger partial charge in [0.05, 0.1) is 13.0 Å². The van der Waals surface area contributed by atoms with Crippen molar-refractivity contribution < 1.29 is 13.9 Å². The molecule has 0 N–H and O–H groups in total. The Morgan fingerprint density at radius 3 is 2.74 bits per heavy atom. The van der Waals surface area contributed by atoms with Gasteiger partial charge >= 0.3 is 0 Å². The van der Waals surface area contributed by atoms with Gasteiger partial charge in [0.2, 0.25) is 5.91 Å². The van der Waals surface area contributed by atoms with Gasteiger partial charge in [0.15, 0.2) is 5.82 Å². The molecule has 3 rings (SSSR count). The molecule has 0 aliphatic carbocycles. The molecule has 1 aliphatic heterocycles. The Hall–Kier alpha value is -2.70. The molecule has 1 amide bonds. The van der Waals surface area contributed by atoms with Crippen LogP contribution in [0.3, 0.4) is 0 Å². The second-order valence-electron chi connectivity index (χ2n) is 6.49. The maximum absolute atomic E-state index is 13.8. The summed E-state index contributed by atoms with van der Waals surface area (Å²) in [5.41, 5.74) is 0.421. The average Bonchev–Trinajstić information content (AvgIpc) is 3.14. The van der Waals surface area contributed by atoms with E-state index in [1.807, 2.05) is 0 Å². The number of aromatic nitrogens is 2. The van der Waals surface area contributed by atoms with Crippen molar-refractivity contribution in [3.8, 4) is 5.88 Å². The van der Waals surface area contributed by atoms with Crippen LogP contribution < -0.4 is 9.64 Å². The first kappa shape index (κ1) is 19.1. The number of ether oxygens (including phenoxy) is 1. The number of carbonyl (C=O) groups is 1. The second-order valence-corrected chi connectivity index (χ2v) is 6.49. The number of anilines is 1. The van der Waals surface area contributed by atoms with Crippen molar-refractivity contribution in [2.24, 2.45) is 0 Å². The van der Waals surface area contributed by atoms with Crippen LogP contribution in [0, 0.1) is 5.82 Å². The molecule has 0 spiro atoms. The van der Waals surface area contributed by atoms with Crippen molar-refractivity contribution in [3.05, 3.63) is 48.0 Å². The van der Waals surface area contributed by atoms with Crippen molar-refractivity contribution in [3.63, 3.8) is 0 Å². The lowest BCUT2D eigenvalue weighted by molar-refractivity contribution is -0.129. The van der Waals surface area contributed by atoms with Gasteiger partial charge in [-0.1, -0.05) is 18.2 Å². The Kier molecular flexibility index (Phi) is 6.21. The number of halogens is 1. The SMILES string of the molecule is CCN(CC)c1nccnc1OC1CCN(C(=O)Cc2ccccc2F)C1. The lowest BCUT2D eigenvalue weighted by atomic mass is 10.1. The van der Waals surface area contributed by atoms with E-state index in [1.54, 1.807) is 35.5 Å². The summed E-state index contributed by atoms with van der Waals surface area (Å²) in [6.45, 7) is 6.80. The number of carbonyl (C=O) groups excluding carboxylic acids is 1. The number of benzene rings is 1. The summed E-state index contributed by atoms with van der Waals surface area (Å²) in [4.78, 5) is 25.0. The van der Waals surface area contributed by atoms with Crippen LogP contribution in [0.1, 0.15) is 25.8 Å². The monoisotopic (exact) mass is 372 g/mol. The first-order valence-electron chi connectivity index (χ1n) is 9.36. The van der Waals surface area contributed by atoms with E-state index in [4.69, 9.17) is 4.74 Å². The first-order chi connectivity index (χ1) is 13.1. The van der Waals surface area contributed by atoms with Gasteiger partial charge in [-0.25, -0.2) is 14.4 Å². The zero-order valence-electron chi connectivity index (χ0n) is 15.8. The minimum Gasteiger partial charge on any atom is -0.470 e. The van der Waals surface area contributed by atoms with E-state index in [0.717, 1.165) is 25.3 Å². The van der Waals surface area contributed by atoms with Crippen LogP contribution in [0.15, 0.2) is 36.7 Å². The van der Waals surface area contributed by atoms with E-state index in [0.29, 0.717) is 24.5 Å². The number of hydrogen-bond donors (Lipinski definition) is 0. The third-order valence-electron chi connectivity index (χ3n) is 4.79. The Bertz CT molecular complexity index is 782. The van der Waals surface area contributed by atoms with Crippen molar-refractivity contribution in [1.29, 1.82) is 0 Å². The smallest absolute Gasteiger partial charge is 0.257 e. The highest BCUT2D eigenvalue weighted by Gasteiger charge is 2.29. The Morgan fingerprint density at radius 1 is 1.26 bits per heavy atom. The van der Waals surface area contributed by atoms with Crippen molar-refractivity contribution in [2.75, 3.05) is 31.1 Å². The third-order valence-corrected chi connectivity index (χ3v) is 4.79. The van der Waals surface area contributed by atoms with Crippen LogP contribution >= 0.6 is 0 Å². The van der Waals surface area contributed by atoms with E-state index in [1.165, 1.54) is 6.07 Å². The summed E-state index contributed by atoms with van der Waals surface area (Å²) in [5, 5.41) is 0. The fourth-order valence-electron chi connectivity index (χ4n) is 3.27. The number of nitrogens with zero attached hydrogens (tertiary/aromatic N) is 4. The standard InChI is InChI=1S/C20H25FN4O2/c1-3-24(4-2)19-20(23-11-10-22-19)27-16-9-12-25(14-16)18(26)13-15-7-5-6-8-17(15)21/h5-8,10-11,16H,3-4,9,12-14H2,1-2H3. The quantitative estimate of drug-likeness (QED) is 0.748. The molecule has 2 heterocycles. The minimum atomic E-state index is -0.346. The van der Waals surface area contributed by atoms with Gasteiger partial charge in [-0.2, -0.15) is 0 Å². The largest absolute Gasteiger partial charge is 0.470 e. The minimum absolute atomic E-state index is 0.0647. The van der Waals surface area contributed by atoms with Gasteiger partial charge in [-0.15, -0.1) is 0 Å². The third kappa shape index (κ3) is 4.53. The molecule has 0 saturated carbocycles. The fraction of sp³-hybridized carbons (Fsp3) is 0.450. The molecule has 27 heavy (non-hydrogen) atoms. The molecule has 1 fully saturated rings. The van der Waals surface area contributed by atoms with Crippen molar-refractivity contribution >= 4 is 11.7 Å². The predicted molar refractivity (Wildman–Crippen MR) is 101 cm³/mol. The topological polar surface area (TPSA) is 58.6 Å². The van der Waals surface area contributed by atoms with Gasteiger partial charge < -0.3 is 14.5 Å². The van der Waals surface area contributed by atoms with Gasteiger partial charge in [0, 0.05) is 38.4 Å². The number of rotatable bonds is 7. The normalized spacial score (nSPS) is 16.4. The number of likely N-dealkylation sites (tertiary alicyclic amines) is 1. The Morgan fingerprint density at radius 2 is 2.00 bits per heavy atom. The average molecular weight is 372 g/mol. The number of hydrogen-bond acceptors (Lipinski definition) is 5. The second kappa shape index (κ2) is 8.79. The molecule has 2 aromatic rings. The van der Waals surface area contributed by atoms with E-state index < -0.39 is 0 Å². The zero-order valence-corrected chi connectivity index (χ0v) is 15.8. The predicted octanol–water partition coefficient (Wildman–Crippen LogP) is 2.68. The summed E-state index contributed by atoms with van der Waals surface area (Å²) in [7, 11) is 0. The molecule has 0 radical (unpaired) electrons. The van der Waals surface area contributed by atoms with Gasteiger partial charge in [0.1, 0.15) is 11.9 Å². The summed E-state index contributed by atoms with van der Waals surface area (Å²) < 4.78 is 19.8. The Balaban J connectivity index is 1.62. The van der Waals surface area contributed by atoms with E-state index >= 15 is 0 Å². The molecule has 1 saturated heterocycles. The highest BCUT2D eigenvalue weighted by atomic mass is 19.1. The molecule has 0 bridgehead atoms. The van der Waals surface area contributed by atoms with Gasteiger partial charge in [-0.05, 0) is 25.5 Å². The van der Waals surface area contributed by atoms with Gasteiger partial charge in [-0.3, -0.25) is 4.79 Å². The lowest BCUT2D eigenvalue weighted by Crippen LogP contribution is -2.32. The van der Waals surface area contributed by atoms with E-state index in [-0.39, 0.29) is 24.2 Å². The fourth-order valence-corrected chi connectivity index (χ4v) is 3.27. The molecule has 1 aromatic heterocycles. The first-order valence-corrected chi connectivity index (χ1v) is 9.36. The summed E-state index contributed by atoms with van der Waals surface area (Å²) in [6, 6.07) is 6.39. The molecular weight excluding hydrogens is 347 g/mol. The van der Waals surface area contributed by atoms with Crippen LogP contribution in [0.5, 0.6) is 5.88 Å².